The number of pyridine rings is 1. The fourth-order valence-electron chi connectivity index (χ4n) is 4.49. The summed E-state index contributed by atoms with van der Waals surface area (Å²) in [6.07, 6.45) is 3.38. The Bertz CT molecular complexity index is 1570. The highest BCUT2D eigenvalue weighted by Crippen LogP contribution is 2.39. The van der Waals surface area contributed by atoms with Gasteiger partial charge in [-0.05, 0) is 55.1 Å². The lowest BCUT2D eigenvalue weighted by molar-refractivity contribution is 1.30. The largest absolute Gasteiger partial charge is 0.263 e. The van der Waals surface area contributed by atoms with Crippen LogP contribution in [0.4, 0.5) is 0 Å². The molecule has 1 heterocycles. The van der Waals surface area contributed by atoms with Crippen LogP contribution in [0.3, 0.4) is 0 Å². The maximum atomic E-state index is 9.13. The quantitative estimate of drug-likeness (QED) is 0.298. The molecule has 6 aromatic rings. The van der Waals surface area contributed by atoms with E-state index >= 15 is 0 Å². The summed E-state index contributed by atoms with van der Waals surface area (Å²) in [5.74, 6) is 0. The van der Waals surface area contributed by atoms with Crippen LogP contribution in [0, 0.1) is 11.3 Å². The van der Waals surface area contributed by atoms with Crippen LogP contribution in [-0.2, 0) is 0 Å². The van der Waals surface area contributed by atoms with E-state index in [9.17, 15) is 0 Å². The molecule has 0 unspecified atom stereocenters. The number of nitriles is 1. The Morgan fingerprint density at radius 2 is 1.27 bits per heavy atom. The van der Waals surface area contributed by atoms with Crippen LogP contribution in [0.2, 0.25) is 0 Å². The smallest absolute Gasteiger partial charge is 0.101 e. The van der Waals surface area contributed by atoms with E-state index < -0.39 is 0 Å². The van der Waals surface area contributed by atoms with E-state index in [1.54, 1.807) is 12.4 Å². The van der Waals surface area contributed by atoms with Gasteiger partial charge in [0.15, 0.2) is 0 Å². The minimum atomic E-state index is 0.573. The topological polar surface area (TPSA) is 36.7 Å². The molecule has 0 aliphatic heterocycles. The Labute approximate surface area is 174 Å². The number of rotatable bonds is 2. The van der Waals surface area contributed by atoms with Crippen molar-refractivity contribution in [2.75, 3.05) is 0 Å². The number of nitrogens with zero attached hydrogens (tertiary/aromatic N) is 2. The average molecular weight is 380 g/mol. The second-order valence-corrected chi connectivity index (χ2v) is 7.62. The van der Waals surface area contributed by atoms with Gasteiger partial charge in [0, 0.05) is 18.0 Å². The van der Waals surface area contributed by atoms with E-state index in [2.05, 4.69) is 89.9 Å². The zero-order valence-corrected chi connectivity index (χ0v) is 16.1. The Balaban J connectivity index is 1.53. The minimum absolute atomic E-state index is 0.573. The van der Waals surface area contributed by atoms with E-state index in [4.69, 9.17) is 5.26 Å². The van der Waals surface area contributed by atoms with Crippen LogP contribution < -0.4 is 0 Å². The zero-order chi connectivity index (χ0) is 20.1. The van der Waals surface area contributed by atoms with Crippen molar-refractivity contribution in [3.63, 3.8) is 0 Å². The molecule has 0 radical (unpaired) electrons. The molecule has 0 bridgehead atoms. The molecular weight excluding hydrogens is 364 g/mol. The van der Waals surface area contributed by atoms with Crippen LogP contribution in [0.25, 0.3) is 54.6 Å². The molecule has 2 nitrogen and oxygen atoms in total. The van der Waals surface area contributed by atoms with Gasteiger partial charge < -0.3 is 0 Å². The molecule has 0 aliphatic rings. The van der Waals surface area contributed by atoms with E-state index in [1.165, 1.54) is 43.4 Å². The molecular formula is C28H16N2. The van der Waals surface area contributed by atoms with Crippen LogP contribution in [0.15, 0.2) is 97.3 Å². The molecule has 0 saturated carbocycles. The van der Waals surface area contributed by atoms with Gasteiger partial charge in [0.05, 0.1) is 5.56 Å². The fourth-order valence-corrected chi connectivity index (χ4v) is 4.49. The molecule has 5 aromatic carbocycles. The SMILES string of the molecule is N#Cc1cncc(-c2ccc(-c3ccc4ccc5cccc6ccc3c4c56)cc2)c1. The lowest BCUT2D eigenvalue weighted by Gasteiger charge is -2.14. The van der Waals surface area contributed by atoms with Crippen LogP contribution in [0.1, 0.15) is 5.56 Å². The normalized spacial score (nSPS) is 11.3. The van der Waals surface area contributed by atoms with Crippen LogP contribution in [0.5, 0.6) is 0 Å². The van der Waals surface area contributed by atoms with Gasteiger partial charge in [-0.1, -0.05) is 78.9 Å². The van der Waals surface area contributed by atoms with E-state index in [1.807, 2.05) is 6.07 Å². The van der Waals surface area contributed by atoms with Gasteiger partial charge in [-0.3, -0.25) is 4.98 Å². The van der Waals surface area contributed by atoms with Crippen molar-refractivity contribution in [1.29, 1.82) is 5.26 Å². The van der Waals surface area contributed by atoms with Crippen molar-refractivity contribution in [2.24, 2.45) is 0 Å². The summed E-state index contributed by atoms with van der Waals surface area (Å²) in [5.41, 5.74) is 5.00. The average Bonchev–Trinajstić information content (AvgIpc) is 2.82. The van der Waals surface area contributed by atoms with Gasteiger partial charge in [0.2, 0.25) is 0 Å². The first-order chi connectivity index (χ1) is 14.8. The van der Waals surface area contributed by atoms with Crippen molar-refractivity contribution >= 4 is 32.3 Å². The van der Waals surface area contributed by atoms with E-state index in [0.717, 1.165) is 11.1 Å². The summed E-state index contributed by atoms with van der Waals surface area (Å²) in [4.78, 5) is 4.18. The number of hydrogen-bond acceptors (Lipinski definition) is 2. The standard InChI is InChI=1S/C28H16N2/c29-15-18-14-24(17-30-16-18)19-4-6-20(7-5-19)25-12-10-23-9-8-21-2-1-3-22-11-13-26(25)28(23)27(21)22/h1-14,16-17H. The number of aromatic nitrogens is 1. The third kappa shape index (κ3) is 2.46. The second-order valence-electron chi connectivity index (χ2n) is 7.62. The van der Waals surface area contributed by atoms with E-state index in [0.29, 0.717) is 5.56 Å². The van der Waals surface area contributed by atoms with Gasteiger partial charge in [0.1, 0.15) is 6.07 Å². The van der Waals surface area contributed by atoms with Crippen molar-refractivity contribution in [3.05, 3.63) is 103 Å². The second kappa shape index (κ2) is 6.40. The molecule has 0 atom stereocenters. The monoisotopic (exact) mass is 380 g/mol. The molecule has 2 heteroatoms. The maximum Gasteiger partial charge on any atom is 0.101 e. The predicted octanol–water partition coefficient (Wildman–Crippen LogP) is 7.18. The first-order valence-electron chi connectivity index (χ1n) is 9.94. The zero-order valence-electron chi connectivity index (χ0n) is 16.1. The Morgan fingerprint density at radius 1 is 0.600 bits per heavy atom. The number of hydrogen-bond donors (Lipinski definition) is 0. The third-order valence-corrected chi connectivity index (χ3v) is 5.93. The Hall–Kier alpha value is -4.22. The molecule has 30 heavy (non-hydrogen) atoms. The molecule has 0 N–H and O–H groups in total. The summed E-state index contributed by atoms with van der Waals surface area (Å²) in [7, 11) is 0. The first kappa shape index (κ1) is 16.7. The van der Waals surface area contributed by atoms with Crippen LogP contribution >= 0.6 is 0 Å². The van der Waals surface area contributed by atoms with Crippen molar-refractivity contribution in [1.82, 2.24) is 4.98 Å². The minimum Gasteiger partial charge on any atom is -0.263 e. The molecule has 0 amide bonds. The van der Waals surface area contributed by atoms with Gasteiger partial charge in [-0.15, -0.1) is 0 Å². The fraction of sp³-hybridized carbons (Fsp3) is 0. The molecule has 0 spiro atoms. The summed E-state index contributed by atoms with van der Waals surface area (Å²) in [6.45, 7) is 0. The lowest BCUT2D eigenvalue weighted by Crippen LogP contribution is -1.88. The number of benzene rings is 5. The molecule has 0 aliphatic carbocycles. The summed E-state index contributed by atoms with van der Waals surface area (Å²) >= 11 is 0. The molecule has 0 fully saturated rings. The molecule has 0 saturated heterocycles. The van der Waals surface area contributed by atoms with Gasteiger partial charge in [0.25, 0.3) is 0 Å². The van der Waals surface area contributed by atoms with Crippen LogP contribution in [-0.4, -0.2) is 4.98 Å². The van der Waals surface area contributed by atoms with Crippen molar-refractivity contribution < 1.29 is 0 Å². The molecule has 1 aromatic heterocycles. The van der Waals surface area contributed by atoms with Crippen molar-refractivity contribution in [2.45, 2.75) is 0 Å². The highest BCUT2D eigenvalue weighted by Gasteiger charge is 2.12. The Kier molecular flexibility index (Phi) is 3.57. The third-order valence-electron chi connectivity index (χ3n) is 5.93. The predicted molar refractivity (Wildman–Crippen MR) is 124 cm³/mol. The highest BCUT2D eigenvalue weighted by molar-refractivity contribution is 6.25. The molecule has 6 rings (SSSR count). The van der Waals surface area contributed by atoms with Crippen molar-refractivity contribution in [3.8, 4) is 28.3 Å². The lowest BCUT2D eigenvalue weighted by atomic mass is 9.89. The van der Waals surface area contributed by atoms with Gasteiger partial charge >= 0.3 is 0 Å². The van der Waals surface area contributed by atoms with E-state index in [-0.39, 0.29) is 0 Å². The summed E-state index contributed by atoms with van der Waals surface area (Å²) in [6, 6.07) is 32.4. The Morgan fingerprint density at radius 3 is 2.03 bits per heavy atom. The highest BCUT2D eigenvalue weighted by atomic mass is 14.6. The maximum absolute atomic E-state index is 9.13. The summed E-state index contributed by atoms with van der Waals surface area (Å²) in [5, 5.41) is 16.9. The summed E-state index contributed by atoms with van der Waals surface area (Å²) < 4.78 is 0. The first-order valence-corrected chi connectivity index (χ1v) is 9.94. The molecule has 138 valence electrons. The van der Waals surface area contributed by atoms with Gasteiger partial charge in [-0.2, -0.15) is 5.26 Å². The van der Waals surface area contributed by atoms with Gasteiger partial charge in [-0.25, -0.2) is 0 Å².